The largest absolute Gasteiger partial charge is 0.406 e. The van der Waals surface area contributed by atoms with Crippen molar-refractivity contribution in [2.75, 3.05) is 11.5 Å². The van der Waals surface area contributed by atoms with Crippen LogP contribution in [0, 0.1) is 0 Å². The van der Waals surface area contributed by atoms with Crippen LogP contribution in [0.5, 0.6) is 0 Å². The van der Waals surface area contributed by atoms with Crippen LogP contribution in [0.1, 0.15) is 34.6 Å². The van der Waals surface area contributed by atoms with Gasteiger partial charge in [0, 0.05) is 11.5 Å². The molecule has 0 unspecified atom stereocenters. The van der Waals surface area contributed by atoms with Gasteiger partial charge in [-0.2, -0.15) is 0 Å². The van der Waals surface area contributed by atoms with Gasteiger partial charge in [0.05, 0.1) is 6.10 Å². The molecule has 2 heterocycles. The van der Waals surface area contributed by atoms with Gasteiger partial charge in [-0.05, 0) is 32.0 Å². The third kappa shape index (κ3) is 4.12. The number of methoxy groups -OCH3 is 1. The van der Waals surface area contributed by atoms with E-state index in [-0.39, 0.29) is 29.5 Å². The summed E-state index contributed by atoms with van der Waals surface area (Å²) < 4.78 is 31.5. The number of alkyl halides is 1. The van der Waals surface area contributed by atoms with Gasteiger partial charge in [-0.3, -0.25) is 0 Å². The minimum atomic E-state index is -1.99. The second-order valence-electron chi connectivity index (χ2n) is 8.34. The molecule has 0 amide bonds. The van der Waals surface area contributed by atoms with E-state index in [0.717, 1.165) is 4.43 Å². The maximum absolute atomic E-state index is 6.63. The maximum atomic E-state index is 6.63. The van der Waals surface area contributed by atoms with Crippen molar-refractivity contribution < 1.29 is 23.4 Å². The molecule has 0 aromatic carbocycles. The first-order valence-electron chi connectivity index (χ1n) is 8.19. The second-order valence-corrected chi connectivity index (χ2v) is 14.0. The molecule has 2 aliphatic heterocycles. The van der Waals surface area contributed by atoms with Crippen LogP contribution in [0.15, 0.2) is 0 Å². The third-order valence-corrected chi connectivity index (χ3v) is 10.4. The van der Waals surface area contributed by atoms with Crippen molar-refractivity contribution >= 4 is 30.9 Å². The van der Waals surface area contributed by atoms with Crippen LogP contribution < -0.4 is 0 Å². The Morgan fingerprint density at radius 1 is 1.13 bits per heavy atom. The van der Waals surface area contributed by atoms with Gasteiger partial charge in [-0.15, -0.1) is 0 Å². The standard InChI is InChI=1S/C16H31IO5Si/c1-15(2,3)23(7,8)22-13-12-11(20-16(4,5)21-12)10(9-17)19-14(13)18-6/h10-14H,9H2,1-8H3/t10-,11+,12+,13-,14-/m1/s1. The molecule has 0 spiro atoms. The van der Waals surface area contributed by atoms with Crippen molar-refractivity contribution in [2.45, 2.75) is 89.2 Å². The minimum absolute atomic E-state index is 0.0495. The van der Waals surface area contributed by atoms with Gasteiger partial charge in [-0.1, -0.05) is 43.4 Å². The lowest BCUT2D eigenvalue weighted by atomic mass is 10.0. The van der Waals surface area contributed by atoms with Gasteiger partial charge in [0.2, 0.25) is 0 Å². The molecule has 2 rings (SSSR count). The van der Waals surface area contributed by atoms with E-state index in [0.29, 0.717) is 0 Å². The second kappa shape index (κ2) is 6.81. The highest BCUT2D eigenvalue weighted by Gasteiger charge is 2.57. The number of ether oxygens (including phenoxy) is 4. The minimum Gasteiger partial charge on any atom is -0.406 e. The van der Waals surface area contributed by atoms with Crippen molar-refractivity contribution in [1.82, 2.24) is 0 Å². The Kier molecular flexibility index (Phi) is 5.94. The Balaban J connectivity index is 2.28. The zero-order valence-electron chi connectivity index (χ0n) is 15.5. The molecule has 5 nitrogen and oxygen atoms in total. The molecule has 2 saturated heterocycles. The molecule has 7 heteroatoms. The predicted molar refractivity (Wildman–Crippen MR) is 100 cm³/mol. The summed E-state index contributed by atoms with van der Waals surface area (Å²) in [6, 6.07) is 0. The molecule has 0 N–H and O–H groups in total. The first kappa shape index (κ1) is 20.1. The first-order chi connectivity index (χ1) is 10.4. The normalized spacial score (nSPS) is 37.7. The van der Waals surface area contributed by atoms with Gasteiger partial charge < -0.3 is 23.4 Å². The summed E-state index contributed by atoms with van der Waals surface area (Å²) >= 11 is 2.32. The Morgan fingerprint density at radius 3 is 2.17 bits per heavy atom. The molecule has 0 bridgehead atoms. The molecular weight excluding hydrogens is 427 g/mol. The Labute approximate surface area is 155 Å². The zero-order valence-corrected chi connectivity index (χ0v) is 18.7. The van der Waals surface area contributed by atoms with Gasteiger partial charge in [0.1, 0.15) is 18.3 Å². The molecule has 5 atom stereocenters. The molecular formula is C16H31IO5Si. The predicted octanol–water partition coefficient (Wildman–Crippen LogP) is 3.70. The van der Waals surface area contributed by atoms with E-state index in [1.807, 2.05) is 13.8 Å². The van der Waals surface area contributed by atoms with E-state index in [1.165, 1.54) is 0 Å². The molecule has 0 aromatic heterocycles. The lowest BCUT2D eigenvalue weighted by Crippen LogP contribution is -2.61. The van der Waals surface area contributed by atoms with E-state index in [1.54, 1.807) is 7.11 Å². The molecule has 136 valence electrons. The third-order valence-electron chi connectivity index (χ3n) is 5.05. The summed E-state index contributed by atoms with van der Waals surface area (Å²) in [5.74, 6) is -0.625. The van der Waals surface area contributed by atoms with E-state index >= 15 is 0 Å². The summed E-state index contributed by atoms with van der Waals surface area (Å²) in [4.78, 5) is 0. The number of rotatable bonds is 4. The summed E-state index contributed by atoms with van der Waals surface area (Å²) in [6.45, 7) is 15.0. The zero-order chi connectivity index (χ0) is 17.6. The fourth-order valence-electron chi connectivity index (χ4n) is 2.79. The Morgan fingerprint density at radius 2 is 1.70 bits per heavy atom. The van der Waals surface area contributed by atoms with E-state index < -0.39 is 20.4 Å². The van der Waals surface area contributed by atoms with Gasteiger partial charge >= 0.3 is 0 Å². The molecule has 0 saturated carbocycles. The van der Waals surface area contributed by atoms with E-state index in [9.17, 15) is 0 Å². The highest BCUT2D eigenvalue weighted by molar-refractivity contribution is 14.1. The van der Waals surface area contributed by atoms with Gasteiger partial charge in [-0.25, -0.2) is 0 Å². The molecule has 0 aliphatic carbocycles. The fraction of sp³-hybridized carbons (Fsp3) is 1.00. The molecule has 2 fully saturated rings. The van der Waals surface area contributed by atoms with Gasteiger partial charge in [0.25, 0.3) is 0 Å². The molecule has 2 aliphatic rings. The quantitative estimate of drug-likeness (QED) is 0.365. The van der Waals surface area contributed by atoms with Crippen LogP contribution in [0.2, 0.25) is 18.1 Å². The SMILES string of the molecule is CO[C@@H]1O[C@H](CI)[C@@H]2OC(C)(C)O[C@@H]2[C@H]1O[Si](C)(C)C(C)(C)C. The van der Waals surface area contributed by atoms with Crippen molar-refractivity contribution in [1.29, 1.82) is 0 Å². The molecule has 0 aromatic rings. The van der Waals surface area contributed by atoms with Crippen LogP contribution in [0.4, 0.5) is 0 Å². The van der Waals surface area contributed by atoms with Crippen molar-refractivity contribution in [3.05, 3.63) is 0 Å². The molecule has 0 radical (unpaired) electrons. The monoisotopic (exact) mass is 458 g/mol. The Hall–Kier alpha value is 0.747. The number of hydrogen-bond donors (Lipinski definition) is 0. The number of halogens is 1. The summed E-state index contributed by atoms with van der Waals surface area (Å²) in [6.07, 6.45) is -1.04. The average Bonchev–Trinajstić information content (AvgIpc) is 2.73. The average molecular weight is 458 g/mol. The van der Waals surface area contributed by atoms with E-state index in [2.05, 4.69) is 56.5 Å². The number of hydrogen-bond acceptors (Lipinski definition) is 5. The van der Waals surface area contributed by atoms with Crippen molar-refractivity contribution in [2.24, 2.45) is 0 Å². The lowest BCUT2D eigenvalue weighted by molar-refractivity contribution is -0.259. The smallest absolute Gasteiger partial charge is 0.192 e. The van der Waals surface area contributed by atoms with Crippen LogP contribution in [-0.2, 0) is 23.4 Å². The topological polar surface area (TPSA) is 46.2 Å². The molecule has 23 heavy (non-hydrogen) atoms. The Bertz CT molecular complexity index is 423. The van der Waals surface area contributed by atoms with Crippen LogP contribution in [0.25, 0.3) is 0 Å². The highest BCUT2D eigenvalue weighted by atomic mass is 127. The van der Waals surface area contributed by atoms with Crippen molar-refractivity contribution in [3.8, 4) is 0 Å². The summed E-state index contributed by atoms with van der Waals surface area (Å²) in [7, 11) is -0.321. The number of fused-ring (bicyclic) bond motifs is 1. The van der Waals surface area contributed by atoms with Crippen LogP contribution in [-0.4, -0.2) is 56.3 Å². The summed E-state index contributed by atoms with van der Waals surface area (Å²) in [5, 5.41) is 0.107. The van der Waals surface area contributed by atoms with E-state index in [4.69, 9.17) is 23.4 Å². The maximum Gasteiger partial charge on any atom is 0.192 e. The first-order valence-corrected chi connectivity index (χ1v) is 12.6. The van der Waals surface area contributed by atoms with Crippen LogP contribution >= 0.6 is 22.6 Å². The highest BCUT2D eigenvalue weighted by Crippen LogP contribution is 2.43. The lowest BCUT2D eigenvalue weighted by Gasteiger charge is -2.46. The van der Waals surface area contributed by atoms with Crippen LogP contribution in [0.3, 0.4) is 0 Å². The fourth-order valence-corrected chi connectivity index (χ4v) is 4.78. The summed E-state index contributed by atoms with van der Waals surface area (Å²) in [5.41, 5.74) is 0. The van der Waals surface area contributed by atoms with Gasteiger partial charge in [0.15, 0.2) is 20.4 Å². The van der Waals surface area contributed by atoms with Crippen molar-refractivity contribution in [3.63, 3.8) is 0 Å².